The van der Waals surface area contributed by atoms with E-state index in [1.807, 2.05) is 6.92 Å². The highest BCUT2D eigenvalue weighted by atomic mass is 35.5. The Morgan fingerprint density at radius 3 is 2.63 bits per heavy atom. The fourth-order valence-electron chi connectivity index (χ4n) is 3.38. The van der Waals surface area contributed by atoms with Crippen LogP contribution in [-0.4, -0.2) is 49.1 Å². The maximum atomic E-state index is 15.7. The number of ether oxygens (including phenoxy) is 1. The van der Waals surface area contributed by atoms with Gasteiger partial charge in [-0.3, -0.25) is 4.72 Å². The van der Waals surface area contributed by atoms with Crippen LogP contribution in [0.1, 0.15) is 6.92 Å². The number of halogens is 2. The molecule has 0 bridgehead atoms. The summed E-state index contributed by atoms with van der Waals surface area (Å²) in [4.78, 5) is 16.6. The fourth-order valence-corrected chi connectivity index (χ4v) is 4.80. The first kappa shape index (κ1) is 24.4. The summed E-state index contributed by atoms with van der Waals surface area (Å²) in [5.74, 6) is -0.187. The number of methoxy groups -OCH3 is 1. The van der Waals surface area contributed by atoms with Gasteiger partial charge in [0.1, 0.15) is 5.82 Å². The van der Waals surface area contributed by atoms with Crippen molar-refractivity contribution in [1.29, 1.82) is 0 Å². The normalized spacial score (nSPS) is 11.3. The third-order valence-electron chi connectivity index (χ3n) is 4.94. The van der Waals surface area contributed by atoms with E-state index in [4.69, 9.17) is 16.3 Å². The average Bonchev–Trinajstić information content (AvgIpc) is 2.84. The molecule has 0 saturated carbocycles. The van der Waals surface area contributed by atoms with Crippen molar-refractivity contribution in [2.45, 2.75) is 11.8 Å². The number of nitrogens with one attached hydrogen (secondary N) is 3. The maximum Gasteiger partial charge on any atom is 0.267 e. The maximum absolute atomic E-state index is 15.7. The number of anilines is 3. The van der Waals surface area contributed by atoms with E-state index < -0.39 is 15.8 Å². The van der Waals surface area contributed by atoms with Gasteiger partial charge in [-0.25, -0.2) is 27.8 Å². The number of sulfonamides is 1. The largest absolute Gasteiger partial charge is 0.480 e. The molecule has 0 unspecified atom stereocenters. The number of rotatable bonds is 8. The van der Waals surface area contributed by atoms with Crippen molar-refractivity contribution < 1.29 is 17.5 Å². The van der Waals surface area contributed by atoms with E-state index >= 15 is 4.39 Å². The lowest BCUT2D eigenvalue weighted by atomic mass is 10.0. The minimum atomic E-state index is -4.28. The van der Waals surface area contributed by atoms with Crippen molar-refractivity contribution in [3.8, 4) is 17.0 Å². The molecule has 0 amide bonds. The van der Waals surface area contributed by atoms with Crippen LogP contribution in [0.4, 0.5) is 21.8 Å². The van der Waals surface area contributed by atoms with Crippen molar-refractivity contribution in [2.24, 2.45) is 0 Å². The second-order valence-corrected chi connectivity index (χ2v) is 9.29. The van der Waals surface area contributed by atoms with Crippen LogP contribution < -0.4 is 20.1 Å². The van der Waals surface area contributed by atoms with E-state index in [2.05, 4.69) is 35.3 Å². The summed E-state index contributed by atoms with van der Waals surface area (Å²) in [6, 6.07) is 7.21. The van der Waals surface area contributed by atoms with Gasteiger partial charge in [0.25, 0.3) is 10.0 Å². The molecule has 0 atom stereocenters. The summed E-state index contributed by atoms with van der Waals surface area (Å²) >= 11 is 5.92. The van der Waals surface area contributed by atoms with Gasteiger partial charge in [0.05, 0.1) is 17.8 Å². The molecule has 35 heavy (non-hydrogen) atoms. The Morgan fingerprint density at radius 1 is 1.11 bits per heavy atom. The number of pyridine rings is 2. The van der Waals surface area contributed by atoms with Gasteiger partial charge < -0.3 is 15.4 Å². The molecule has 0 fully saturated rings. The van der Waals surface area contributed by atoms with Crippen molar-refractivity contribution in [2.75, 3.05) is 36.1 Å². The summed E-state index contributed by atoms with van der Waals surface area (Å²) in [7, 11) is -1.36. The Morgan fingerprint density at radius 2 is 1.91 bits per heavy atom. The van der Waals surface area contributed by atoms with E-state index in [1.165, 1.54) is 37.6 Å². The Hall–Kier alpha value is -3.77. The second kappa shape index (κ2) is 9.84. The van der Waals surface area contributed by atoms with Gasteiger partial charge in [-0.15, -0.1) is 0 Å². The highest BCUT2D eigenvalue weighted by molar-refractivity contribution is 7.92. The number of hydrogen-bond acceptors (Lipinski definition) is 9. The molecule has 3 N–H and O–H groups in total. The zero-order valence-corrected chi connectivity index (χ0v) is 20.5. The van der Waals surface area contributed by atoms with Gasteiger partial charge in [-0.2, -0.15) is 4.98 Å². The van der Waals surface area contributed by atoms with Crippen molar-refractivity contribution >= 4 is 50.1 Å². The van der Waals surface area contributed by atoms with Crippen LogP contribution in [0.25, 0.3) is 22.2 Å². The number of benzene rings is 1. The number of nitrogens with zero attached hydrogens (tertiary/aromatic N) is 4. The number of hydrogen-bond donors (Lipinski definition) is 3. The second-order valence-electron chi connectivity index (χ2n) is 7.20. The standard InChI is InChI=1S/C22H21ClFN7O3S/c1-4-26-22-28-10-12-8-15(20(25-2)29-19(12)30-22)14-6-5-7-16(18(14)24)31-35(32,33)17-9-13(23)11-27-21(17)34-3/h5-11,31H,4H2,1-3H3,(H2,25,26,28,29,30). The topological polar surface area (TPSA) is 131 Å². The Balaban J connectivity index is 1.78. The molecule has 3 aromatic heterocycles. The SMILES string of the molecule is CCNc1ncc2cc(-c3cccc(NS(=O)(=O)c4cc(Cl)cnc4OC)c3F)c(NC)nc2n1. The molecular formula is C22H21ClFN7O3S. The van der Waals surface area contributed by atoms with Gasteiger partial charge in [-0.1, -0.05) is 23.7 Å². The molecule has 3 heterocycles. The van der Waals surface area contributed by atoms with Crippen LogP contribution >= 0.6 is 11.6 Å². The van der Waals surface area contributed by atoms with Crippen LogP contribution in [0.2, 0.25) is 5.02 Å². The molecule has 0 aliphatic heterocycles. The van der Waals surface area contributed by atoms with Crippen molar-refractivity contribution in [3.05, 3.63) is 53.6 Å². The van der Waals surface area contributed by atoms with Crippen LogP contribution in [0.5, 0.6) is 5.88 Å². The lowest BCUT2D eigenvalue weighted by Crippen LogP contribution is -2.16. The Labute approximate surface area is 206 Å². The lowest BCUT2D eigenvalue weighted by Gasteiger charge is -2.15. The summed E-state index contributed by atoms with van der Waals surface area (Å²) in [5.41, 5.74) is 0.670. The van der Waals surface area contributed by atoms with Crippen LogP contribution in [-0.2, 0) is 10.0 Å². The smallest absolute Gasteiger partial charge is 0.267 e. The quantitative estimate of drug-likeness (QED) is 0.315. The first-order chi connectivity index (χ1) is 16.8. The molecule has 0 aliphatic carbocycles. The number of aromatic nitrogens is 4. The highest BCUT2D eigenvalue weighted by Crippen LogP contribution is 2.35. The molecule has 0 saturated heterocycles. The van der Waals surface area contributed by atoms with Crippen LogP contribution in [0.3, 0.4) is 0 Å². The molecule has 182 valence electrons. The molecular weight excluding hydrogens is 497 g/mol. The predicted molar refractivity (Wildman–Crippen MR) is 133 cm³/mol. The molecule has 0 radical (unpaired) electrons. The minimum absolute atomic E-state index is 0.0841. The third kappa shape index (κ3) is 4.88. The molecule has 10 nitrogen and oxygen atoms in total. The lowest BCUT2D eigenvalue weighted by molar-refractivity contribution is 0.385. The fraction of sp³-hybridized carbons (Fsp3) is 0.182. The van der Waals surface area contributed by atoms with Crippen LogP contribution in [0, 0.1) is 5.82 Å². The highest BCUT2D eigenvalue weighted by Gasteiger charge is 2.24. The summed E-state index contributed by atoms with van der Waals surface area (Å²) in [5, 5.41) is 6.63. The van der Waals surface area contributed by atoms with Gasteiger partial charge in [0.15, 0.2) is 16.4 Å². The summed E-state index contributed by atoms with van der Waals surface area (Å²) in [6.07, 6.45) is 2.83. The first-order valence-electron chi connectivity index (χ1n) is 10.4. The van der Waals surface area contributed by atoms with Crippen molar-refractivity contribution in [3.63, 3.8) is 0 Å². The predicted octanol–water partition coefficient (Wildman–Crippen LogP) is 4.16. The van der Waals surface area contributed by atoms with Gasteiger partial charge in [0.2, 0.25) is 11.8 Å². The molecule has 1 aromatic carbocycles. The molecule has 0 aliphatic rings. The molecule has 0 spiro atoms. The minimum Gasteiger partial charge on any atom is -0.480 e. The number of fused-ring (bicyclic) bond motifs is 1. The monoisotopic (exact) mass is 517 g/mol. The van der Waals surface area contributed by atoms with E-state index in [9.17, 15) is 8.42 Å². The molecule has 4 rings (SSSR count). The van der Waals surface area contributed by atoms with E-state index in [1.54, 1.807) is 19.3 Å². The average molecular weight is 518 g/mol. The first-order valence-corrected chi connectivity index (χ1v) is 12.2. The van der Waals surface area contributed by atoms with Crippen LogP contribution in [0.15, 0.2) is 47.6 Å². The molecule has 13 heteroatoms. The van der Waals surface area contributed by atoms with E-state index in [0.29, 0.717) is 34.9 Å². The van der Waals surface area contributed by atoms with Crippen molar-refractivity contribution in [1.82, 2.24) is 19.9 Å². The summed E-state index contributed by atoms with van der Waals surface area (Å²) < 4.78 is 49.0. The van der Waals surface area contributed by atoms with Gasteiger partial charge in [-0.05, 0) is 25.1 Å². The Kier molecular flexibility index (Phi) is 6.85. The van der Waals surface area contributed by atoms with Gasteiger partial charge in [0, 0.05) is 42.5 Å². The van der Waals surface area contributed by atoms with Gasteiger partial charge >= 0.3 is 0 Å². The van der Waals surface area contributed by atoms with E-state index in [-0.39, 0.29) is 27.0 Å². The Bertz CT molecular complexity index is 1520. The van der Waals surface area contributed by atoms with E-state index in [0.717, 1.165) is 0 Å². The zero-order chi connectivity index (χ0) is 25.2. The zero-order valence-electron chi connectivity index (χ0n) is 18.9. The molecule has 4 aromatic rings. The summed E-state index contributed by atoms with van der Waals surface area (Å²) in [6.45, 7) is 2.57. The third-order valence-corrected chi connectivity index (χ3v) is 6.51.